The molecule has 6 nitrogen and oxygen atoms in total. The van der Waals surface area contributed by atoms with E-state index >= 15 is 0 Å². The van der Waals surface area contributed by atoms with Crippen LogP contribution >= 0.6 is 0 Å². The van der Waals surface area contributed by atoms with Crippen LogP contribution in [0.25, 0.3) is 0 Å². The second-order valence-electron chi connectivity index (χ2n) is 4.79. The minimum atomic E-state index is -0.175. The van der Waals surface area contributed by atoms with E-state index in [-0.39, 0.29) is 30.4 Å². The summed E-state index contributed by atoms with van der Waals surface area (Å²) in [5, 5.41) is 0. The van der Waals surface area contributed by atoms with Crippen LogP contribution in [0.15, 0.2) is 0 Å². The molecule has 1 aliphatic rings. The van der Waals surface area contributed by atoms with E-state index in [9.17, 15) is 9.59 Å². The molecule has 0 spiro atoms. The van der Waals surface area contributed by atoms with Crippen molar-refractivity contribution in [2.75, 3.05) is 39.9 Å². The number of hydrogen-bond acceptors (Lipinski definition) is 4. The first-order valence-corrected chi connectivity index (χ1v) is 6.28. The molecule has 1 fully saturated rings. The molecule has 2 unspecified atom stereocenters. The summed E-state index contributed by atoms with van der Waals surface area (Å²) in [5.74, 6) is -0.125. The van der Waals surface area contributed by atoms with Gasteiger partial charge in [0.1, 0.15) is 6.61 Å². The zero-order valence-corrected chi connectivity index (χ0v) is 11.4. The molecule has 0 aromatic carbocycles. The van der Waals surface area contributed by atoms with Crippen LogP contribution in [-0.4, -0.2) is 67.6 Å². The van der Waals surface area contributed by atoms with Crippen LogP contribution in [0.5, 0.6) is 0 Å². The summed E-state index contributed by atoms with van der Waals surface area (Å²) in [7, 11) is 1.50. The van der Waals surface area contributed by atoms with Crippen LogP contribution < -0.4 is 5.73 Å². The van der Waals surface area contributed by atoms with E-state index in [0.29, 0.717) is 26.2 Å². The molecule has 0 aromatic heterocycles. The fourth-order valence-electron chi connectivity index (χ4n) is 1.90. The molecule has 2 N–H and O–H groups in total. The third-order valence-electron chi connectivity index (χ3n) is 3.39. The smallest absolute Gasteiger partial charge is 0.248 e. The number of carbonyl (C=O) groups excluding carboxylic acids is 2. The fraction of sp³-hybridized carbons (Fsp3) is 0.833. The van der Waals surface area contributed by atoms with Crippen molar-refractivity contribution in [1.29, 1.82) is 0 Å². The van der Waals surface area contributed by atoms with Gasteiger partial charge in [0.05, 0.1) is 5.92 Å². The van der Waals surface area contributed by atoms with Crippen molar-refractivity contribution in [3.05, 3.63) is 0 Å². The number of amides is 2. The quantitative estimate of drug-likeness (QED) is 0.721. The highest BCUT2D eigenvalue weighted by molar-refractivity contribution is 5.80. The van der Waals surface area contributed by atoms with E-state index in [4.69, 9.17) is 10.5 Å². The lowest BCUT2D eigenvalue weighted by atomic mass is 10.0. The number of methoxy groups -OCH3 is 1. The Balaban J connectivity index is 2.44. The first-order valence-electron chi connectivity index (χ1n) is 6.28. The first-order chi connectivity index (χ1) is 8.47. The minimum Gasteiger partial charge on any atom is -0.375 e. The molecule has 0 saturated carbocycles. The van der Waals surface area contributed by atoms with Gasteiger partial charge in [-0.25, -0.2) is 0 Å². The van der Waals surface area contributed by atoms with Gasteiger partial charge in [-0.15, -0.1) is 0 Å². The van der Waals surface area contributed by atoms with Crippen molar-refractivity contribution in [2.45, 2.75) is 19.9 Å². The Morgan fingerprint density at radius 1 is 1.17 bits per heavy atom. The molecule has 2 amide bonds. The highest BCUT2D eigenvalue weighted by Gasteiger charge is 2.27. The van der Waals surface area contributed by atoms with Crippen molar-refractivity contribution >= 4 is 11.8 Å². The van der Waals surface area contributed by atoms with Crippen LogP contribution in [0.2, 0.25) is 0 Å². The fourth-order valence-corrected chi connectivity index (χ4v) is 1.90. The summed E-state index contributed by atoms with van der Waals surface area (Å²) in [5.41, 5.74) is 5.73. The maximum Gasteiger partial charge on any atom is 0.248 e. The van der Waals surface area contributed by atoms with Gasteiger partial charge >= 0.3 is 0 Å². The number of ether oxygens (including phenoxy) is 1. The van der Waals surface area contributed by atoms with Crippen molar-refractivity contribution in [2.24, 2.45) is 11.7 Å². The molecule has 0 aromatic rings. The molecule has 104 valence electrons. The number of hydrogen-bond donors (Lipinski definition) is 1. The molecular weight excluding hydrogens is 234 g/mol. The predicted octanol–water partition coefficient (Wildman–Crippen LogP) is -0.713. The number of nitrogens with two attached hydrogens (primary N) is 1. The van der Waals surface area contributed by atoms with E-state index in [1.54, 1.807) is 9.80 Å². The molecule has 1 saturated heterocycles. The van der Waals surface area contributed by atoms with Gasteiger partial charge in [0.15, 0.2) is 0 Å². The summed E-state index contributed by atoms with van der Waals surface area (Å²) in [4.78, 5) is 27.2. The van der Waals surface area contributed by atoms with Crippen molar-refractivity contribution in [3.8, 4) is 0 Å². The molecule has 2 atom stereocenters. The van der Waals surface area contributed by atoms with E-state index in [1.807, 2.05) is 13.8 Å². The third kappa shape index (κ3) is 3.68. The normalized spacial score (nSPS) is 19.6. The van der Waals surface area contributed by atoms with Crippen molar-refractivity contribution < 1.29 is 14.3 Å². The maximum atomic E-state index is 12.1. The third-order valence-corrected chi connectivity index (χ3v) is 3.39. The maximum absolute atomic E-state index is 12.1. The van der Waals surface area contributed by atoms with E-state index in [1.165, 1.54) is 7.11 Å². The molecule has 1 aliphatic heterocycles. The van der Waals surface area contributed by atoms with Crippen LogP contribution in [0.4, 0.5) is 0 Å². The minimum absolute atomic E-state index is 0.0233. The van der Waals surface area contributed by atoms with E-state index < -0.39 is 0 Å². The Kier molecular flexibility index (Phi) is 5.55. The Morgan fingerprint density at radius 2 is 1.67 bits per heavy atom. The Hall–Kier alpha value is -1.14. The average Bonchev–Trinajstić information content (AvgIpc) is 2.37. The SMILES string of the molecule is COCC(=O)N1CCN(C(=O)C(C)C(C)N)CC1. The molecular formula is C12H23N3O3. The summed E-state index contributed by atoms with van der Waals surface area (Å²) < 4.78 is 4.81. The van der Waals surface area contributed by atoms with Gasteiger partial charge < -0.3 is 20.3 Å². The van der Waals surface area contributed by atoms with Crippen LogP contribution in [0.3, 0.4) is 0 Å². The zero-order valence-electron chi connectivity index (χ0n) is 11.4. The lowest BCUT2D eigenvalue weighted by Crippen LogP contribution is -2.53. The molecule has 18 heavy (non-hydrogen) atoms. The van der Waals surface area contributed by atoms with Crippen LogP contribution in [0, 0.1) is 5.92 Å². The number of nitrogens with zero attached hydrogens (tertiary/aromatic N) is 2. The molecule has 0 aliphatic carbocycles. The molecule has 6 heteroatoms. The molecule has 1 rings (SSSR count). The summed E-state index contributed by atoms with van der Waals surface area (Å²) in [6.07, 6.45) is 0. The van der Waals surface area contributed by atoms with Gasteiger partial charge in [-0.1, -0.05) is 6.92 Å². The predicted molar refractivity (Wildman–Crippen MR) is 67.8 cm³/mol. The molecule has 0 radical (unpaired) electrons. The van der Waals surface area contributed by atoms with Gasteiger partial charge in [-0.3, -0.25) is 9.59 Å². The lowest BCUT2D eigenvalue weighted by molar-refractivity contribution is -0.143. The standard InChI is InChI=1S/C12H23N3O3/c1-9(10(2)13)12(17)15-6-4-14(5-7-15)11(16)8-18-3/h9-10H,4-8,13H2,1-3H3. The summed E-state index contributed by atoms with van der Waals surface area (Å²) in [6.45, 7) is 6.07. The summed E-state index contributed by atoms with van der Waals surface area (Å²) >= 11 is 0. The highest BCUT2D eigenvalue weighted by atomic mass is 16.5. The van der Waals surface area contributed by atoms with Gasteiger partial charge in [0.25, 0.3) is 0 Å². The van der Waals surface area contributed by atoms with Gasteiger partial charge in [-0.2, -0.15) is 0 Å². The number of piperazine rings is 1. The van der Waals surface area contributed by atoms with Crippen molar-refractivity contribution in [3.63, 3.8) is 0 Å². The molecule has 0 bridgehead atoms. The zero-order chi connectivity index (χ0) is 13.7. The highest BCUT2D eigenvalue weighted by Crippen LogP contribution is 2.10. The average molecular weight is 257 g/mol. The Bertz CT molecular complexity index is 299. The second kappa shape index (κ2) is 6.70. The van der Waals surface area contributed by atoms with E-state index in [2.05, 4.69) is 0 Å². The van der Waals surface area contributed by atoms with Gasteiger partial charge in [-0.05, 0) is 6.92 Å². The number of carbonyl (C=O) groups is 2. The van der Waals surface area contributed by atoms with Gasteiger partial charge in [0.2, 0.25) is 11.8 Å². The van der Waals surface area contributed by atoms with E-state index in [0.717, 1.165) is 0 Å². The van der Waals surface area contributed by atoms with Gasteiger partial charge in [0, 0.05) is 39.3 Å². The van der Waals surface area contributed by atoms with Crippen LogP contribution in [0.1, 0.15) is 13.8 Å². The second-order valence-corrected chi connectivity index (χ2v) is 4.79. The Morgan fingerprint density at radius 3 is 2.11 bits per heavy atom. The largest absolute Gasteiger partial charge is 0.375 e. The topological polar surface area (TPSA) is 75.9 Å². The monoisotopic (exact) mass is 257 g/mol. The Labute approximate surface area is 108 Å². The lowest BCUT2D eigenvalue weighted by Gasteiger charge is -2.36. The molecule has 1 heterocycles. The van der Waals surface area contributed by atoms with Crippen molar-refractivity contribution in [1.82, 2.24) is 9.80 Å². The summed E-state index contributed by atoms with van der Waals surface area (Å²) in [6, 6.07) is -0.148. The first kappa shape index (κ1) is 14.9. The number of rotatable bonds is 4. The van der Waals surface area contributed by atoms with Crippen LogP contribution in [-0.2, 0) is 14.3 Å².